The van der Waals surface area contributed by atoms with Crippen LogP contribution in [-0.2, 0) is 0 Å². The van der Waals surface area contributed by atoms with E-state index in [4.69, 9.17) is 0 Å². The number of pyridine rings is 1. The topological polar surface area (TPSA) is 82.5 Å². The zero-order valence-corrected chi connectivity index (χ0v) is 16.8. The van der Waals surface area contributed by atoms with Gasteiger partial charge in [-0.3, -0.25) is 9.78 Å². The highest BCUT2D eigenvalue weighted by Gasteiger charge is 2.43. The first-order valence-corrected chi connectivity index (χ1v) is 10.8. The van der Waals surface area contributed by atoms with E-state index in [0.717, 1.165) is 43.3 Å². The molecule has 2 aromatic rings. The summed E-state index contributed by atoms with van der Waals surface area (Å²) in [5.41, 5.74) is 0.538. The number of anilines is 1. The summed E-state index contributed by atoms with van der Waals surface area (Å²) >= 11 is 1.54. The largest absolute Gasteiger partial charge is 0.391 e. The molecule has 1 atom stereocenters. The third kappa shape index (κ3) is 3.98. The number of nitrogens with zero attached hydrogens (tertiary/aromatic N) is 5. The summed E-state index contributed by atoms with van der Waals surface area (Å²) in [5, 5.41) is 11.3. The highest BCUT2D eigenvalue weighted by atomic mass is 32.2. The number of hydrogen-bond acceptors (Lipinski definition) is 7. The Kier molecular flexibility index (Phi) is 5.50. The molecule has 0 bridgehead atoms. The summed E-state index contributed by atoms with van der Waals surface area (Å²) < 4.78 is 0. The van der Waals surface area contributed by atoms with Gasteiger partial charge >= 0.3 is 0 Å². The second kappa shape index (κ2) is 8.05. The van der Waals surface area contributed by atoms with Crippen molar-refractivity contribution >= 4 is 23.5 Å². The van der Waals surface area contributed by atoms with Crippen molar-refractivity contribution in [3.63, 3.8) is 0 Å². The summed E-state index contributed by atoms with van der Waals surface area (Å²) in [6.45, 7) is 2.81. The number of aromatic nitrogens is 3. The fraction of sp³-hybridized carbons (Fsp3) is 0.500. The first-order chi connectivity index (χ1) is 13.6. The Hall–Kier alpha value is -2.19. The number of hydrogen-bond donors (Lipinski definition) is 1. The number of carbonyl (C=O) groups is 1. The summed E-state index contributed by atoms with van der Waals surface area (Å²) in [7, 11) is 0. The molecule has 8 heteroatoms. The van der Waals surface area contributed by atoms with E-state index in [9.17, 15) is 9.90 Å². The maximum atomic E-state index is 12.9. The summed E-state index contributed by atoms with van der Waals surface area (Å²) in [5.74, 6) is 0.905. The minimum absolute atomic E-state index is 0.0403. The molecule has 0 radical (unpaired) electrons. The number of likely N-dealkylation sites (tertiary alicyclic amines) is 1. The monoisotopic (exact) mass is 399 g/mol. The lowest BCUT2D eigenvalue weighted by atomic mass is 9.71. The zero-order valence-electron chi connectivity index (χ0n) is 16.0. The Morgan fingerprint density at radius 2 is 2.11 bits per heavy atom. The summed E-state index contributed by atoms with van der Waals surface area (Å²) in [6, 6.07) is 5.50. The first-order valence-electron chi connectivity index (χ1n) is 9.58. The van der Waals surface area contributed by atoms with E-state index in [1.165, 1.54) is 11.8 Å². The van der Waals surface area contributed by atoms with Gasteiger partial charge in [-0.1, -0.05) is 11.8 Å². The molecule has 4 rings (SSSR count). The lowest BCUT2D eigenvalue weighted by Crippen LogP contribution is -2.55. The van der Waals surface area contributed by atoms with E-state index in [0.29, 0.717) is 18.7 Å². The van der Waals surface area contributed by atoms with Gasteiger partial charge in [-0.2, -0.15) is 0 Å². The highest BCUT2D eigenvalue weighted by Crippen LogP contribution is 2.41. The Bertz CT molecular complexity index is 826. The van der Waals surface area contributed by atoms with E-state index in [1.807, 2.05) is 12.3 Å². The summed E-state index contributed by atoms with van der Waals surface area (Å²) in [4.78, 5) is 29.9. The van der Waals surface area contributed by atoms with Crippen LogP contribution in [0.4, 0.5) is 5.82 Å². The number of aliphatic hydroxyl groups is 1. The molecule has 7 nitrogen and oxygen atoms in total. The van der Waals surface area contributed by atoms with Gasteiger partial charge in [0, 0.05) is 44.8 Å². The van der Waals surface area contributed by atoms with Gasteiger partial charge in [0.25, 0.3) is 5.91 Å². The van der Waals surface area contributed by atoms with Crippen LogP contribution in [0.2, 0.25) is 0 Å². The van der Waals surface area contributed by atoms with Crippen LogP contribution in [0.15, 0.2) is 41.9 Å². The molecule has 28 heavy (non-hydrogen) atoms. The van der Waals surface area contributed by atoms with Crippen LogP contribution in [0.25, 0.3) is 0 Å². The van der Waals surface area contributed by atoms with Crippen molar-refractivity contribution < 1.29 is 9.90 Å². The zero-order chi connectivity index (χ0) is 19.6. The van der Waals surface area contributed by atoms with Crippen LogP contribution in [-0.4, -0.2) is 69.4 Å². The van der Waals surface area contributed by atoms with Crippen LogP contribution >= 0.6 is 11.8 Å². The number of aliphatic hydroxyl groups excluding tert-OH is 1. The molecule has 2 fully saturated rings. The molecular formula is C20H25N5O2S. The number of rotatable bonds is 3. The molecule has 1 amide bonds. The Labute approximate surface area is 169 Å². The van der Waals surface area contributed by atoms with Crippen molar-refractivity contribution in [2.75, 3.05) is 37.3 Å². The number of amides is 1. The van der Waals surface area contributed by atoms with Crippen molar-refractivity contribution in [2.45, 2.75) is 30.5 Å². The van der Waals surface area contributed by atoms with Crippen LogP contribution in [0.5, 0.6) is 0 Å². The van der Waals surface area contributed by atoms with Gasteiger partial charge < -0.3 is 14.9 Å². The van der Waals surface area contributed by atoms with E-state index in [1.54, 1.807) is 35.6 Å². The minimum atomic E-state index is -0.483. The van der Waals surface area contributed by atoms with Crippen molar-refractivity contribution in [1.29, 1.82) is 0 Å². The fourth-order valence-electron chi connectivity index (χ4n) is 4.36. The average molecular weight is 400 g/mol. The lowest BCUT2D eigenvalue weighted by Gasteiger charge is -2.49. The number of carbonyl (C=O) groups excluding carboxylic acids is 1. The van der Waals surface area contributed by atoms with E-state index < -0.39 is 6.10 Å². The molecule has 2 aliphatic heterocycles. The van der Waals surface area contributed by atoms with Crippen LogP contribution < -0.4 is 4.90 Å². The maximum absolute atomic E-state index is 12.9. The van der Waals surface area contributed by atoms with Crippen LogP contribution in [0, 0.1) is 5.41 Å². The van der Waals surface area contributed by atoms with E-state index >= 15 is 0 Å². The first kappa shape index (κ1) is 19.1. The Morgan fingerprint density at radius 1 is 1.29 bits per heavy atom. The normalized spacial score (nSPS) is 21.7. The molecule has 0 aliphatic carbocycles. The van der Waals surface area contributed by atoms with Crippen molar-refractivity contribution in [3.05, 3.63) is 42.4 Å². The molecule has 2 aliphatic rings. The standard InChI is InChI=1S/C20H25N5O2S/c1-28-19-22-8-4-17(23-19)24-9-5-20(6-10-24)11-16(26)13-25(14-20)18(27)15-3-2-7-21-12-15/h2-4,7-8,12,16,26H,5-6,9-11,13-14H2,1H3. The molecule has 1 N–H and O–H groups in total. The van der Waals surface area contributed by atoms with E-state index in [2.05, 4.69) is 19.9 Å². The number of thioether (sulfide) groups is 1. The minimum Gasteiger partial charge on any atom is -0.391 e. The summed E-state index contributed by atoms with van der Waals surface area (Å²) in [6.07, 6.45) is 9.16. The molecule has 2 aromatic heterocycles. The molecular weight excluding hydrogens is 374 g/mol. The van der Waals surface area contributed by atoms with Gasteiger partial charge in [0.05, 0.1) is 11.7 Å². The quantitative estimate of drug-likeness (QED) is 0.625. The maximum Gasteiger partial charge on any atom is 0.255 e. The Balaban J connectivity index is 1.45. The van der Waals surface area contributed by atoms with Gasteiger partial charge in [0.2, 0.25) is 0 Å². The van der Waals surface area contributed by atoms with Gasteiger partial charge in [-0.25, -0.2) is 9.97 Å². The highest BCUT2D eigenvalue weighted by molar-refractivity contribution is 7.98. The molecule has 4 heterocycles. The SMILES string of the molecule is CSc1nccc(N2CCC3(CC2)CC(O)CN(C(=O)c2cccnc2)C3)n1. The van der Waals surface area contributed by atoms with Gasteiger partial charge in [-0.15, -0.1) is 0 Å². The molecule has 1 spiro atoms. The van der Waals surface area contributed by atoms with Crippen molar-refractivity contribution in [2.24, 2.45) is 5.41 Å². The second-order valence-corrected chi connectivity index (χ2v) is 8.45. The second-order valence-electron chi connectivity index (χ2n) is 7.67. The van der Waals surface area contributed by atoms with Crippen molar-refractivity contribution in [1.82, 2.24) is 19.9 Å². The average Bonchev–Trinajstić information content (AvgIpc) is 2.74. The van der Waals surface area contributed by atoms with Gasteiger partial charge in [0.15, 0.2) is 5.16 Å². The molecule has 0 saturated carbocycles. The molecule has 1 unspecified atom stereocenters. The molecule has 2 saturated heterocycles. The molecule has 0 aromatic carbocycles. The van der Waals surface area contributed by atoms with Gasteiger partial charge in [0.1, 0.15) is 5.82 Å². The smallest absolute Gasteiger partial charge is 0.255 e. The number of β-amino-alcohol motifs (C(OH)–C–C–N with tert-alkyl or cyclic N) is 1. The van der Waals surface area contributed by atoms with Crippen molar-refractivity contribution in [3.8, 4) is 0 Å². The predicted octanol–water partition coefficient (Wildman–Crippen LogP) is 2.09. The fourth-order valence-corrected chi connectivity index (χ4v) is 4.71. The van der Waals surface area contributed by atoms with E-state index in [-0.39, 0.29) is 11.3 Å². The lowest BCUT2D eigenvalue weighted by molar-refractivity contribution is -0.0150. The molecule has 148 valence electrons. The third-order valence-electron chi connectivity index (χ3n) is 5.77. The van der Waals surface area contributed by atoms with Crippen LogP contribution in [0.3, 0.4) is 0 Å². The predicted molar refractivity (Wildman–Crippen MR) is 108 cm³/mol. The Morgan fingerprint density at radius 3 is 2.82 bits per heavy atom. The van der Waals surface area contributed by atoms with Gasteiger partial charge in [-0.05, 0) is 49.1 Å². The van der Waals surface area contributed by atoms with Crippen LogP contribution in [0.1, 0.15) is 29.6 Å². The third-order valence-corrected chi connectivity index (χ3v) is 6.33. The number of piperidine rings is 2.